The molecule has 1 aliphatic heterocycles. The van der Waals surface area contributed by atoms with Crippen molar-refractivity contribution in [2.45, 2.75) is 62.4 Å². The molecule has 2 aromatic rings. The van der Waals surface area contributed by atoms with Crippen LogP contribution in [0.4, 0.5) is 10.5 Å². The zero-order valence-electron chi connectivity index (χ0n) is 17.8. The highest BCUT2D eigenvalue weighted by molar-refractivity contribution is 7.91. The van der Waals surface area contributed by atoms with Gasteiger partial charge in [0.1, 0.15) is 11.5 Å². The van der Waals surface area contributed by atoms with Crippen molar-refractivity contribution in [2.75, 3.05) is 19.0 Å². The smallest absolute Gasteiger partial charge is 0.354 e. The van der Waals surface area contributed by atoms with Gasteiger partial charge in [-0.25, -0.2) is 18.8 Å². The predicted octanol–water partition coefficient (Wildman–Crippen LogP) is 2.33. The minimum absolute atomic E-state index is 0.0959. The van der Waals surface area contributed by atoms with Crippen molar-refractivity contribution in [3.8, 4) is 5.88 Å². The number of fused-ring (bicyclic) bond motifs is 3. The van der Waals surface area contributed by atoms with Gasteiger partial charge in [-0.1, -0.05) is 13.0 Å². The number of likely N-dealkylation sites (N-methyl/N-ethyl adjacent to an activating group) is 1. The Morgan fingerprint density at radius 3 is 3.00 bits per heavy atom. The first kappa shape index (κ1) is 20.5. The van der Waals surface area contributed by atoms with Crippen molar-refractivity contribution >= 4 is 21.6 Å². The van der Waals surface area contributed by atoms with Crippen LogP contribution in [0.25, 0.3) is 0 Å². The van der Waals surface area contributed by atoms with E-state index in [2.05, 4.69) is 33.1 Å². The van der Waals surface area contributed by atoms with E-state index in [9.17, 15) is 9.00 Å². The number of urea groups is 1. The SMILES string of the molecule is CN[C@@H]1COc2c([S@](N)(=O)=NC(=O)Nc3c4c(cc5c3[C@@H](C)CC5)CCC4)cnn2C1. The van der Waals surface area contributed by atoms with E-state index >= 15 is 0 Å². The van der Waals surface area contributed by atoms with Crippen LogP contribution < -0.4 is 20.5 Å². The highest BCUT2D eigenvalue weighted by atomic mass is 32.2. The number of benzene rings is 1. The third kappa shape index (κ3) is 3.52. The Labute approximate surface area is 182 Å². The average molecular weight is 445 g/mol. The topological polar surface area (TPSA) is 124 Å². The van der Waals surface area contributed by atoms with Gasteiger partial charge in [0.2, 0.25) is 5.88 Å². The third-order valence-corrected chi connectivity index (χ3v) is 7.96. The maximum absolute atomic E-state index is 13.2. The highest BCUT2D eigenvalue weighted by Crippen LogP contribution is 2.44. The van der Waals surface area contributed by atoms with E-state index in [4.69, 9.17) is 9.88 Å². The lowest BCUT2D eigenvalue weighted by Crippen LogP contribution is -2.40. The van der Waals surface area contributed by atoms with Gasteiger partial charge in [0, 0.05) is 5.69 Å². The Kier molecular flexibility index (Phi) is 5.03. The van der Waals surface area contributed by atoms with Crippen LogP contribution in [0.1, 0.15) is 47.9 Å². The van der Waals surface area contributed by atoms with E-state index in [1.54, 1.807) is 4.68 Å². The molecule has 0 saturated heterocycles. The average Bonchev–Trinajstić information content (AvgIpc) is 3.45. The number of rotatable bonds is 3. The number of carbonyl (C=O) groups is 1. The summed E-state index contributed by atoms with van der Waals surface area (Å²) < 4.78 is 24.4. The Hall–Kier alpha value is -2.43. The van der Waals surface area contributed by atoms with Crippen molar-refractivity contribution in [3.05, 3.63) is 34.5 Å². The van der Waals surface area contributed by atoms with Crippen molar-refractivity contribution in [3.63, 3.8) is 0 Å². The van der Waals surface area contributed by atoms with E-state index < -0.39 is 15.9 Å². The van der Waals surface area contributed by atoms with Gasteiger partial charge in [0.05, 0.1) is 18.8 Å². The molecule has 2 aliphatic carbocycles. The standard InChI is InChI=1S/C21H28N6O3S/c1-12-6-7-14-8-13-4-3-5-16(13)19(18(12)14)25-21(28)26-31(22,29)17-9-24-27-10-15(23-2)11-30-20(17)27/h8-9,12,15,23H,3-7,10-11H2,1-2H3,(H3,22,25,26,28,29)/t12-,15-,31+/m0/s1. The van der Waals surface area contributed by atoms with Crippen molar-refractivity contribution in [2.24, 2.45) is 9.50 Å². The van der Waals surface area contributed by atoms with Gasteiger partial charge in [0.25, 0.3) is 0 Å². The molecule has 2 amide bonds. The monoisotopic (exact) mass is 444 g/mol. The number of hydrogen-bond acceptors (Lipinski definition) is 5. The Bertz CT molecular complexity index is 1180. The van der Waals surface area contributed by atoms with Crippen LogP contribution in [0.2, 0.25) is 0 Å². The maximum atomic E-state index is 13.2. The molecule has 0 spiro atoms. The van der Waals surface area contributed by atoms with Gasteiger partial charge < -0.3 is 15.4 Å². The van der Waals surface area contributed by atoms with Crippen molar-refractivity contribution in [1.29, 1.82) is 0 Å². The zero-order chi connectivity index (χ0) is 21.8. The summed E-state index contributed by atoms with van der Waals surface area (Å²) in [7, 11) is -1.67. The van der Waals surface area contributed by atoms with E-state index in [1.165, 1.54) is 28.5 Å². The first-order valence-corrected chi connectivity index (χ1v) is 12.3. The number of anilines is 1. The van der Waals surface area contributed by atoms with Gasteiger partial charge >= 0.3 is 6.03 Å². The molecule has 10 heteroatoms. The van der Waals surface area contributed by atoms with Crippen LogP contribution >= 0.6 is 0 Å². The molecule has 5 rings (SSSR count). The first-order chi connectivity index (χ1) is 14.9. The third-order valence-electron chi connectivity index (χ3n) is 6.61. The van der Waals surface area contributed by atoms with E-state index in [0.717, 1.165) is 37.8 Å². The minimum atomic E-state index is -3.51. The number of amides is 2. The summed E-state index contributed by atoms with van der Waals surface area (Å²) >= 11 is 0. The zero-order valence-corrected chi connectivity index (χ0v) is 18.6. The van der Waals surface area contributed by atoms with Crippen LogP contribution in [-0.2, 0) is 35.7 Å². The quantitative estimate of drug-likeness (QED) is 0.670. The van der Waals surface area contributed by atoms with E-state index in [-0.39, 0.29) is 10.9 Å². The summed E-state index contributed by atoms with van der Waals surface area (Å²) in [5.41, 5.74) is 5.83. The summed E-state index contributed by atoms with van der Waals surface area (Å²) in [6.45, 7) is 3.14. The van der Waals surface area contributed by atoms with Gasteiger partial charge in [0.15, 0.2) is 9.92 Å². The maximum Gasteiger partial charge on any atom is 0.354 e. The molecule has 0 fully saturated rings. The Balaban J connectivity index is 1.47. The summed E-state index contributed by atoms with van der Waals surface area (Å²) in [4.78, 5) is 13.0. The normalized spacial score (nSPS) is 23.3. The van der Waals surface area contributed by atoms with Gasteiger partial charge in [-0.2, -0.15) is 5.10 Å². The number of hydrogen-bond donors (Lipinski definition) is 3. The molecule has 1 aromatic heterocycles. The summed E-state index contributed by atoms with van der Waals surface area (Å²) in [5.74, 6) is 0.681. The summed E-state index contributed by atoms with van der Waals surface area (Å²) in [5, 5.41) is 16.3. The molecular weight excluding hydrogens is 416 g/mol. The molecule has 9 nitrogen and oxygen atoms in total. The van der Waals surface area contributed by atoms with Crippen LogP contribution in [0.5, 0.6) is 5.88 Å². The fraction of sp³-hybridized carbons (Fsp3) is 0.524. The van der Waals surface area contributed by atoms with Crippen molar-refractivity contribution < 1.29 is 13.7 Å². The minimum Gasteiger partial charge on any atom is -0.475 e. The number of ether oxygens (including phenoxy) is 1. The van der Waals surface area contributed by atoms with Crippen LogP contribution in [0.15, 0.2) is 21.5 Å². The molecule has 1 aromatic carbocycles. The van der Waals surface area contributed by atoms with Gasteiger partial charge in [-0.05, 0) is 67.3 Å². The molecule has 0 unspecified atom stereocenters. The highest BCUT2D eigenvalue weighted by Gasteiger charge is 2.30. The van der Waals surface area contributed by atoms with Crippen LogP contribution in [0.3, 0.4) is 0 Å². The lowest BCUT2D eigenvalue weighted by Gasteiger charge is -2.24. The molecule has 4 N–H and O–H groups in total. The second-order valence-corrected chi connectivity index (χ2v) is 10.4. The number of nitrogens with two attached hydrogens (primary N) is 1. The van der Waals surface area contributed by atoms with Gasteiger partial charge in [-0.3, -0.25) is 0 Å². The molecule has 166 valence electrons. The Morgan fingerprint density at radius 2 is 2.19 bits per heavy atom. The number of carbonyl (C=O) groups excluding carboxylic acids is 1. The molecule has 2 heterocycles. The lowest BCUT2D eigenvalue weighted by molar-refractivity contribution is 0.184. The number of nitrogens with one attached hydrogen (secondary N) is 2. The summed E-state index contributed by atoms with van der Waals surface area (Å²) in [6, 6.07) is 1.70. The van der Waals surface area contributed by atoms with Gasteiger partial charge in [-0.15, -0.1) is 4.36 Å². The van der Waals surface area contributed by atoms with Crippen LogP contribution in [0, 0.1) is 0 Å². The largest absolute Gasteiger partial charge is 0.475 e. The molecule has 0 bridgehead atoms. The lowest BCUT2D eigenvalue weighted by atomic mass is 9.95. The molecule has 3 atom stereocenters. The second kappa shape index (κ2) is 7.61. The van der Waals surface area contributed by atoms with E-state index in [1.807, 2.05) is 7.05 Å². The van der Waals surface area contributed by atoms with E-state index in [0.29, 0.717) is 24.9 Å². The molecule has 0 saturated carbocycles. The second-order valence-electron chi connectivity index (χ2n) is 8.64. The fourth-order valence-corrected chi connectivity index (χ4v) is 6.01. The first-order valence-electron chi connectivity index (χ1n) is 10.8. The number of nitrogens with zero attached hydrogens (tertiary/aromatic N) is 3. The Morgan fingerprint density at radius 1 is 1.35 bits per heavy atom. The van der Waals surface area contributed by atoms with Crippen molar-refractivity contribution in [1.82, 2.24) is 15.1 Å². The number of aromatic nitrogens is 2. The predicted molar refractivity (Wildman–Crippen MR) is 118 cm³/mol. The molecular formula is C21H28N6O3S. The van der Waals surface area contributed by atoms with Crippen LogP contribution in [-0.4, -0.2) is 39.7 Å². The summed E-state index contributed by atoms with van der Waals surface area (Å²) in [6.07, 6.45) is 6.50. The fourth-order valence-electron chi connectivity index (χ4n) is 5.00. The molecule has 31 heavy (non-hydrogen) atoms. The molecule has 3 aliphatic rings. The number of aryl methyl sites for hydroxylation is 2. The molecule has 0 radical (unpaired) electrons.